The lowest BCUT2D eigenvalue weighted by Gasteiger charge is -2.38. The minimum atomic E-state index is -1.11. The zero-order chi connectivity index (χ0) is 24.2. The second-order valence-electron chi connectivity index (χ2n) is 10.5. The molecule has 0 spiro atoms. The van der Waals surface area contributed by atoms with Crippen LogP contribution in [0, 0.1) is 22.7 Å². The van der Waals surface area contributed by atoms with Crippen molar-refractivity contribution in [2.45, 2.75) is 78.2 Å². The van der Waals surface area contributed by atoms with Crippen molar-refractivity contribution in [3.63, 3.8) is 0 Å². The molecule has 2 fully saturated rings. The molecule has 2 saturated carbocycles. The third-order valence-electron chi connectivity index (χ3n) is 8.20. The van der Waals surface area contributed by atoms with Gasteiger partial charge >= 0.3 is 11.9 Å². The van der Waals surface area contributed by atoms with Gasteiger partial charge < -0.3 is 20.3 Å². The molecule has 2 aliphatic rings. The van der Waals surface area contributed by atoms with Gasteiger partial charge in [-0.25, -0.2) is 4.79 Å². The number of nitrogens with one attached hydrogen (secondary N) is 1. The van der Waals surface area contributed by atoms with E-state index in [-0.39, 0.29) is 6.42 Å². The van der Waals surface area contributed by atoms with Gasteiger partial charge in [0, 0.05) is 12.3 Å². The van der Waals surface area contributed by atoms with Crippen molar-refractivity contribution < 1.29 is 29.3 Å². The number of rotatable bonds is 9. The third kappa shape index (κ3) is 5.50. The molecule has 2 aliphatic carbocycles. The second kappa shape index (κ2) is 10.1. The largest absolute Gasteiger partial charge is 0.493 e. The van der Waals surface area contributed by atoms with Gasteiger partial charge in [0.1, 0.15) is 11.8 Å². The average molecular weight is 460 g/mol. The summed E-state index contributed by atoms with van der Waals surface area (Å²) in [5.74, 6) is -1.63. The molecule has 182 valence electrons. The van der Waals surface area contributed by atoms with Crippen molar-refractivity contribution in [3.05, 3.63) is 29.8 Å². The topological polar surface area (TPSA) is 113 Å². The van der Waals surface area contributed by atoms with E-state index < -0.39 is 40.6 Å². The summed E-state index contributed by atoms with van der Waals surface area (Å²) >= 11 is 0. The Bertz CT molecular complexity index is 858. The molecule has 3 atom stereocenters. The Hall–Kier alpha value is -2.57. The monoisotopic (exact) mass is 459 g/mol. The molecule has 0 aliphatic heterocycles. The van der Waals surface area contributed by atoms with E-state index in [1.165, 1.54) is 32.1 Å². The Morgan fingerprint density at radius 1 is 1.03 bits per heavy atom. The number of hydrogen-bond acceptors (Lipinski definition) is 4. The van der Waals surface area contributed by atoms with Crippen LogP contribution in [0.5, 0.6) is 5.75 Å². The summed E-state index contributed by atoms with van der Waals surface area (Å²) in [6.07, 6.45) is 7.21. The molecule has 33 heavy (non-hydrogen) atoms. The van der Waals surface area contributed by atoms with E-state index in [1.54, 1.807) is 20.8 Å². The number of ether oxygens (including phenoxy) is 1. The molecule has 0 saturated heterocycles. The summed E-state index contributed by atoms with van der Waals surface area (Å²) in [4.78, 5) is 36.6. The molecule has 7 heteroatoms. The fourth-order valence-corrected chi connectivity index (χ4v) is 5.34. The molecule has 1 amide bonds. The normalized spacial score (nSPS) is 25.8. The van der Waals surface area contributed by atoms with Gasteiger partial charge in [-0.1, -0.05) is 45.2 Å². The van der Waals surface area contributed by atoms with Gasteiger partial charge in [0.2, 0.25) is 5.91 Å². The number of carbonyl (C=O) groups excluding carboxylic acids is 1. The lowest BCUT2D eigenvalue weighted by Crippen LogP contribution is -2.49. The highest BCUT2D eigenvalue weighted by Crippen LogP contribution is 2.56. The molecule has 0 radical (unpaired) electrons. The predicted octanol–water partition coefficient (Wildman–Crippen LogP) is 4.28. The maximum Gasteiger partial charge on any atom is 0.326 e. The Labute approximate surface area is 195 Å². The molecule has 0 aromatic heterocycles. The summed E-state index contributed by atoms with van der Waals surface area (Å²) in [7, 11) is 0. The van der Waals surface area contributed by atoms with Crippen LogP contribution in [0.25, 0.3) is 0 Å². The van der Waals surface area contributed by atoms with Crippen LogP contribution in [0.3, 0.4) is 0 Å². The Morgan fingerprint density at radius 3 is 2.21 bits per heavy atom. The first-order valence-electron chi connectivity index (χ1n) is 12.0. The highest BCUT2D eigenvalue weighted by atomic mass is 16.5. The SMILES string of the molecule is CC1(C(=O)O)CCC(C(=O)N[C@@H](Cc2ccc(OCC3CCCCC3)cc2)C(=O)O)C1(C)C. The fraction of sp³-hybridized carbons (Fsp3) is 0.654. The highest BCUT2D eigenvalue weighted by molar-refractivity contribution is 5.87. The van der Waals surface area contributed by atoms with E-state index in [9.17, 15) is 24.6 Å². The first-order chi connectivity index (χ1) is 15.5. The van der Waals surface area contributed by atoms with Crippen molar-refractivity contribution in [1.29, 1.82) is 0 Å². The predicted molar refractivity (Wildman–Crippen MR) is 124 cm³/mol. The van der Waals surface area contributed by atoms with Gasteiger partial charge in [0.25, 0.3) is 0 Å². The molecule has 2 unspecified atom stereocenters. The molecule has 3 rings (SSSR count). The van der Waals surface area contributed by atoms with E-state index in [2.05, 4.69) is 5.32 Å². The molecular formula is C26H37NO6. The van der Waals surface area contributed by atoms with E-state index >= 15 is 0 Å². The second-order valence-corrected chi connectivity index (χ2v) is 10.5. The molecule has 1 aromatic rings. The van der Waals surface area contributed by atoms with Crippen molar-refractivity contribution in [2.24, 2.45) is 22.7 Å². The smallest absolute Gasteiger partial charge is 0.326 e. The summed E-state index contributed by atoms with van der Waals surface area (Å²) in [6.45, 7) is 5.93. The van der Waals surface area contributed by atoms with Crippen LogP contribution in [0.15, 0.2) is 24.3 Å². The summed E-state index contributed by atoms with van der Waals surface area (Å²) < 4.78 is 5.91. The zero-order valence-electron chi connectivity index (χ0n) is 19.9. The first kappa shape index (κ1) is 25.1. The fourth-order valence-electron chi connectivity index (χ4n) is 5.34. The van der Waals surface area contributed by atoms with Gasteiger partial charge in [0.15, 0.2) is 0 Å². The lowest BCUT2D eigenvalue weighted by atomic mass is 9.65. The van der Waals surface area contributed by atoms with Gasteiger partial charge in [-0.2, -0.15) is 0 Å². The van der Waals surface area contributed by atoms with Crippen molar-refractivity contribution in [2.75, 3.05) is 6.61 Å². The summed E-state index contributed by atoms with van der Waals surface area (Å²) in [5.41, 5.74) is -1.03. The van der Waals surface area contributed by atoms with Crippen molar-refractivity contribution in [1.82, 2.24) is 5.32 Å². The maximum absolute atomic E-state index is 13.0. The zero-order valence-corrected chi connectivity index (χ0v) is 19.9. The van der Waals surface area contributed by atoms with Crippen molar-refractivity contribution in [3.8, 4) is 5.75 Å². The minimum absolute atomic E-state index is 0.146. The quantitative estimate of drug-likeness (QED) is 0.508. The molecule has 3 N–H and O–H groups in total. The van der Waals surface area contributed by atoms with E-state index in [0.717, 1.165) is 11.3 Å². The minimum Gasteiger partial charge on any atom is -0.493 e. The van der Waals surface area contributed by atoms with Crippen LogP contribution >= 0.6 is 0 Å². The molecule has 0 bridgehead atoms. The van der Waals surface area contributed by atoms with Gasteiger partial charge in [-0.05, 0) is 61.6 Å². The van der Waals surface area contributed by atoms with Gasteiger partial charge in [0.05, 0.1) is 12.0 Å². The Kier molecular flexibility index (Phi) is 7.70. The van der Waals surface area contributed by atoms with E-state index in [0.29, 0.717) is 25.4 Å². The summed E-state index contributed by atoms with van der Waals surface area (Å²) in [5, 5.41) is 22.0. The van der Waals surface area contributed by atoms with E-state index in [1.807, 2.05) is 24.3 Å². The van der Waals surface area contributed by atoms with Crippen LogP contribution in [0.1, 0.15) is 71.3 Å². The number of aliphatic carboxylic acids is 2. The van der Waals surface area contributed by atoms with Crippen molar-refractivity contribution >= 4 is 17.8 Å². The van der Waals surface area contributed by atoms with Crippen LogP contribution in [-0.2, 0) is 20.8 Å². The standard InChI is InChI=1S/C26H37NO6/c1-25(2)20(13-14-26(25,3)24(31)32)22(28)27-21(23(29)30)15-17-9-11-19(12-10-17)33-16-18-7-5-4-6-8-18/h9-12,18,20-21H,4-8,13-16H2,1-3H3,(H,27,28)(H,29,30)(H,31,32)/t20?,21-,26?/m0/s1. The molecular weight excluding hydrogens is 422 g/mol. The number of benzene rings is 1. The van der Waals surface area contributed by atoms with Crippen LogP contribution in [0.4, 0.5) is 0 Å². The van der Waals surface area contributed by atoms with Gasteiger partial charge in [-0.15, -0.1) is 0 Å². The van der Waals surface area contributed by atoms with Crippen LogP contribution in [-0.4, -0.2) is 40.7 Å². The number of carboxylic acid groups (broad SMARTS) is 2. The lowest BCUT2D eigenvalue weighted by molar-refractivity contribution is -0.155. The highest BCUT2D eigenvalue weighted by Gasteiger charge is 2.58. The Balaban J connectivity index is 1.59. The molecule has 0 heterocycles. The average Bonchev–Trinajstić information content (AvgIpc) is 3.03. The first-order valence-corrected chi connectivity index (χ1v) is 12.0. The molecule has 1 aromatic carbocycles. The van der Waals surface area contributed by atoms with Crippen LogP contribution < -0.4 is 10.1 Å². The number of carbonyl (C=O) groups is 3. The molecule has 7 nitrogen and oxygen atoms in total. The summed E-state index contributed by atoms with van der Waals surface area (Å²) in [6, 6.07) is 6.27. The maximum atomic E-state index is 13.0. The third-order valence-corrected chi connectivity index (χ3v) is 8.20. The van der Waals surface area contributed by atoms with Gasteiger partial charge in [-0.3, -0.25) is 9.59 Å². The Morgan fingerprint density at radius 2 is 1.67 bits per heavy atom. The van der Waals surface area contributed by atoms with Crippen LogP contribution in [0.2, 0.25) is 0 Å². The number of amides is 1. The van der Waals surface area contributed by atoms with E-state index in [4.69, 9.17) is 4.74 Å². The number of hydrogen-bond donors (Lipinski definition) is 3. The number of carboxylic acids is 2.